The Labute approximate surface area is 126 Å². The number of ether oxygens (including phenoxy) is 2. The van der Waals surface area contributed by atoms with Gasteiger partial charge in [0.05, 0.1) is 7.11 Å². The zero-order valence-electron chi connectivity index (χ0n) is 12.7. The Kier molecular flexibility index (Phi) is 5.81. The van der Waals surface area contributed by atoms with Gasteiger partial charge in [-0.05, 0) is 25.3 Å². The predicted molar refractivity (Wildman–Crippen MR) is 82.2 cm³/mol. The van der Waals surface area contributed by atoms with E-state index in [2.05, 4.69) is 17.5 Å². The lowest BCUT2D eigenvalue weighted by molar-refractivity contribution is -0.125. The monoisotopic (exact) mass is 289 g/mol. The van der Waals surface area contributed by atoms with Crippen LogP contribution in [0.3, 0.4) is 0 Å². The van der Waals surface area contributed by atoms with E-state index in [0.717, 1.165) is 30.6 Å². The molecule has 0 bridgehead atoms. The summed E-state index contributed by atoms with van der Waals surface area (Å²) in [4.78, 5) is 12.2. The van der Waals surface area contributed by atoms with Crippen molar-refractivity contribution in [1.82, 2.24) is 5.32 Å². The van der Waals surface area contributed by atoms with E-state index in [9.17, 15) is 4.79 Å². The second-order valence-corrected chi connectivity index (χ2v) is 5.19. The molecule has 4 nitrogen and oxygen atoms in total. The molecular weight excluding hydrogens is 266 g/mol. The number of hydrogen-bond acceptors (Lipinski definition) is 3. The van der Waals surface area contributed by atoms with Crippen molar-refractivity contribution in [2.24, 2.45) is 5.92 Å². The van der Waals surface area contributed by atoms with Crippen LogP contribution in [-0.4, -0.2) is 26.7 Å². The van der Waals surface area contributed by atoms with Gasteiger partial charge in [-0.1, -0.05) is 30.4 Å². The molecule has 0 aromatic heterocycles. The molecule has 2 atom stereocenters. The molecule has 1 aromatic rings. The Hall–Kier alpha value is -1.81. The number of para-hydroxylation sites is 1. The van der Waals surface area contributed by atoms with E-state index in [1.54, 1.807) is 14.2 Å². The summed E-state index contributed by atoms with van der Waals surface area (Å²) in [5.41, 5.74) is 0.950. The van der Waals surface area contributed by atoms with E-state index in [1.807, 2.05) is 24.3 Å². The van der Waals surface area contributed by atoms with E-state index < -0.39 is 0 Å². The Morgan fingerprint density at radius 3 is 2.81 bits per heavy atom. The summed E-state index contributed by atoms with van der Waals surface area (Å²) in [6.45, 7) is 0.454. The standard InChI is InChI=1S/C17H23NO3/c1-20-15-11-7-6-10-14(15)16(21-2)12-18-17(19)13-8-4-3-5-9-13/h3-4,6-7,10-11,13,16H,5,8-9,12H2,1-2H3,(H,18,19)/t13-,16-/m1/s1. The number of hydrogen-bond donors (Lipinski definition) is 1. The zero-order valence-corrected chi connectivity index (χ0v) is 12.7. The third kappa shape index (κ3) is 4.08. The summed E-state index contributed by atoms with van der Waals surface area (Å²) in [6.07, 6.45) is 6.76. The molecule has 0 aliphatic heterocycles. The Balaban J connectivity index is 1.96. The van der Waals surface area contributed by atoms with Crippen molar-refractivity contribution in [2.45, 2.75) is 25.4 Å². The number of rotatable bonds is 6. The van der Waals surface area contributed by atoms with Gasteiger partial charge in [0.15, 0.2) is 0 Å². The first-order valence-corrected chi connectivity index (χ1v) is 7.34. The van der Waals surface area contributed by atoms with Crippen LogP contribution >= 0.6 is 0 Å². The molecule has 0 unspecified atom stereocenters. The highest BCUT2D eigenvalue weighted by atomic mass is 16.5. The lowest BCUT2D eigenvalue weighted by Crippen LogP contribution is -2.34. The van der Waals surface area contributed by atoms with Crippen molar-refractivity contribution < 1.29 is 14.3 Å². The zero-order chi connectivity index (χ0) is 15.1. The van der Waals surface area contributed by atoms with Crippen molar-refractivity contribution in [3.63, 3.8) is 0 Å². The number of amides is 1. The highest BCUT2D eigenvalue weighted by Gasteiger charge is 2.21. The van der Waals surface area contributed by atoms with Crippen molar-refractivity contribution in [3.8, 4) is 5.75 Å². The second-order valence-electron chi connectivity index (χ2n) is 5.19. The molecule has 1 aliphatic rings. The first kappa shape index (κ1) is 15.6. The van der Waals surface area contributed by atoms with Crippen molar-refractivity contribution >= 4 is 5.91 Å². The molecule has 0 spiro atoms. The topological polar surface area (TPSA) is 47.6 Å². The minimum Gasteiger partial charge on any atom is -0.496 e. The molecule has 0 saturated heterocycles. The fourth-order valence-electron chi connectivity index (χ4n) is 2.62. The predicted octanol–water partition coefficient (Wildman–Crippen LogP) is 2.86. The summed E-state index contributed by atoms with van der Waals surface area (Å²) in [5, 5.41) is 3.00. The molecule has 0 heterocycles. The fourth-order valence-corrected chi connectivity index (χ4v) is 2.62. The molecule has 1 aliphatic carbocycles. The minimum atomic E-state index is -0.204. The van der Waals surface area contributed by atoms with Crippen molar-refractivity contribution in [2.75, 3.05) is 20.8 Å². The van der Waals surface area contributed by atoms with Gasteiger partial charge in [-0.15, -0.1) is 0 Å². The quantitative estimate of drug-likeness (QED) is 0.819. The number of nitrogens with one attached hydrogen (secondary N) is 1. The average Bonchev–Trinajstić information content (AvgIpc) is 2.56. The van der Waals surface area contributed by atoms with Crippen LogP contribution in [-0.2, 0) is 9.53 Å². The number of methoxy groups -OCH3 is 2. The minimum absolute atomic E-state index is 0.0881. The van der Waals surface area contributed by atoms with Gasteiger partial charge >= 0.3 is 0 Å². The van der Waals surface area contributed by atoms with Gasteiger partial charge in [-0.2, -0.15) is 0 Å². The Morgan fingerprint density at radius 2 is 2.14 bits per heavy atom. The maximum atomic E-state index is 12.2. The number of carbonyl (C=O) groups excluding carboxylic acids is 1. The van der Waals surface area contributed by atoms with Crippen LogP contribution in [0.15, 0.2) is 36.4 Å². The summed E-state index contributed by atoms with van der Waals surface area (Å²) in [6, 6.07) is 7.72. The van der Waals surface area contributed by atoms with E-state index in [-0.39, 0.29) is 17.9 Å². The summed E-state index contributed by atoms with van der Waals surface area (Å²) in [7, 11) is 3.28. The van der Waals surface area contributed by atoms with Gasteiger partial charge in [0.2, 0.25) is 5.91 Å². The average molecular weight is 289 g/mol. The van der Waals surface area contributed by atoms with Gasteiger partial charge in [0.25, 0.3) is 0 Å². The van der Waals surface area contributed by atoms with Crippen LogP contribution < -0.4 is 10.1 Å². The Morgan fingerprint density at radius 1 is 1.33 bits per heavy atom. The van der Waals surface area contributed by atoms with Crippen LogP contribution in [0.2, 0.25) is 0 Å². The van der Waals surface area contributed by atoms with Crippen molar-refractivity contribution in [3.05, 3.63) is 42.0 Å². The van der Waals surface area contributed by atoms with Gasteiger partial charge in [0, 0.05) is 25.1 Å². The highest BCUT2D eigenvalue weighted by molar-refractivity contribution is 5.79. The SMILES string of the molecule is COc1ccccc1[C@@H](CNC(=O)[C@@H]1CC=CCC1)OC. The van der Waals surface area contributed by atoms with Crippen LogP contribution in [0, 0.1) is 5.92 Å². The molecule has 2 rings (SSSR count). The maximum Gasteiger partial charge on any atom is 0.223 e. The first-order chi connectivity index (χ1) is 10.3. The molecular formula is C17H23NO3. The van der Waals surface area contributed by atoms with E-state index in [0.29, 0.717) is 6.54 Å². The van der Waals surface area contributed by atoms with Gasteiger partial charge in [-0.3, -0.25) is 4.79 Å². The van der Waals surface area contributed by atoms with E-state index in [4.69, 9.17) is 9.47 Å². The smallest absolute Gasteiger partial charge is 0.223 e. The third-order valence-corrected chi connectivity index (χ3v) is 3.87. The second kappa shape index (κ2) is 7.84. The van der Waals surface area contributed by atoms with Crippen LogP contribution in [0.5, 0.6) is 5.75 Å². The summed E-state index contributed by atoms with van der Waals surface area (Å²) in [5.74, 6) is 0.973. The maximum absolute atomic E-state index is 12.2. The van der Waals surface area contributed by atoms with Crippen LogP contribution in [0.25, 0.3) is 0 Å². The molecule has 4 heteroatoms. The van der Waals surface area contributed by atoms with E-state index in [1.165, 1.54) is 0 Å². The van der Waals surface area contributed by atoms with E-state index >= 15 is 0 Å². The molecule has 21 heavy (non-hydrogen) atoms. The lowest BCUT2D eigenvalue weighted by atomic mass is 9.93. The number of benzene rings is 1. The van der Waals surface area contributed by atoms with Crippen LogP contribution in [0.1, 0.15) is 30.9 Å². The van der Waals surface area contributed by atoms with Gasteiger partial charge in [0.1, 0.15) is 11.9 Å². The van der Waals surface area contributed by atoms with Gasteiger partial charge < -0.3 is 14.8 Å². The highest BCUT2D eigenvalue weighted by Crippen LogP contribution is 2.26. The molecule has 1 N–H and O–H groups in total. The lowest BCUT2D eigenvalue weighted by Gasteiger charge is -2.22. The summed E-state index contributed by atoms with van der Waals surface area (Å²) >= 11 is 0. The number of carbonyl (C=O) groups is 1. The third-order valence-electron chi connectivity index (χ3n) is 3.87. The molecule has 0 fully saturated rings. The first-order valence-electron chi connectivity index (χ1n) is 7.34. The fraction of sp³-hybridized carbons (Fsp3) is 0.471. The van der Waals surface area contributed by atoms with Crippen molar-refractivity contribution in [1.29, 1.82) is 0 Å². The molecule has 0 saturated carbocycles. The molecule has 114 valence electrons. The largest absolute Gasteiger partial charge is 0.496 e. The normalized spacial score (nSPS) is 19.0. The molecule has 1 aromatic carbocycles. The summed E-state index contributed by atoms with van der Waals surface area (Å²) < 4.78 is 10.9. The Bertz CT molecular complexity index is 499. The number of allylic oxidation sites excluding steroid dienone is 2. The van der Waals surface area contributed by atoms with Gasteiger partial charge in [-0.25, -0.2) is 0 Å². The molecule has 0 radical (unpaired) electrons. The van der Waals surface area contributed by atoms with Crippen LogP contribution in [0.4, 0.5) is 0 Å². The molecule has 1 amide bonds.